The molecule has 84 valence electrons. The van der Waals surface area contributed by atoms with Gasteiger partial charge >= 0.3 is 0 Å². The average molecular weight is 211 g/mol. The molecule has 0 aliphatic rings. The van der Waals surface area contributed by atoms with Crippen molar-refractivity contribution in [3.63, 3.8) is 0 Å². The molecular formula is C10H17N3O2. The second-order valence-electron chi connectivity index (χ2n) is 3.75. The van der Waals surface area contributed by atoms with E-state index >= 15 is 0 Å². The Hall–Kier alpha value is -1.20. The highest BCUT2D eigenvalue weighted by Crippen LogP contribution is 2.09. The second-order valence-corrected chi connectivity index (χ2v) is 3.75. The summed E-state index contributed by atoms with van der Waals surface area (Å²) in [5, 5.41) is 3.96. The number of nitrogens with zero attached hydrogens (tertiary/aromatic N) is 2. The summed E-state index contributed by atoms with van der Waals surface area (Å²) in [7, 11) is 1.78. The fourth-order valence-corrected chi connectivity index (χ4v) is 1.13. The summed E-state index contributed by atoms with van der Waals surface area (Å²) < 4.78 is 6.81. The van der Waals surface area contributed by atoms with Crippen LogP contribution >= 0.6 is 0 Å². The number of aromatic nitrogens is 2. The summed E-state index contributed by atoms with van der Waals surface area (Å²) in [5.41, 5.74) is 6.47. The Morgan fingerprint density at radius 2 is 2.33 bits per heavy atom. The van der Waals surface area contributed by atoms with E-state index < -0.39 is 6.04 Å². The van der Waals surface area contributed by atoms with Gasteiger partial charge in [0.1, 0.15) is 6.61 Å². The maximum Gasteiger partial charge on any atom is 0.179 e. The summed E-state index contributed by atoms with van der Waals surface area (Å²) in [6, 6.07) is -0.641. The molecule has 0 bridgehead atoms. The number of ether oxygens (including phenoxy) is 1. The van der Waals surface area contributed by atoms with Crippen LogP contribution in [0.3, 0.4) is 0 Å². The van der Waals surface area contributed by atoms with Gasteiger partial charge < -0.3 is 10.5 Å². The topological polar surface area (TPSA) is 70.1 Å². The molecule has 1 aromatic heterocycles. The van der Waals surface area contributed by atoms with Crippen LogP contribution < -0.4 is 5.73 Å². The molecule has 1 heterocycles. The van der Waals surface area contributed by atoms with Gasteiger partial charge in [-0.25, -0.2) is 0 Å². The number of Topliss-reactive ketones (excluding diaryl/α,β-unsaturated/α-hetero) is 1. The lowest BCUT2D eigenvalue weighted by Gasteiger charge is -2.10. The largest absolute Gasteiger partial charge is 0.371 e. The molecule has 0 aliphatic carbocycles. The van der Waals surface area contributed by atoms with E-state index in [-0.39, 0.29) is 18.5 Å². The van der Waals surface area contributed by atoms with E-state index in [1.54, 1.807) is 24.1 Å². The Morgan fingerprint density at radius 3 is 2.80 bits per heavy atom. The molecule has 0 radical (unpaired) electrons. The summed E-state index contributed by atoms with van der Waals surface area (Å²) in [4.78, 5) is 11.6. The molecule has 0 amide bonds. The zero-order valence-corrected chi connectivity index (χ0v) is 9.30. The maximum atomic E-state index is 11.6. The zero-order chi connectivity index (χ0) is 11.4. The van der Waals surface area contributed by atoms with Crippen molar-refractivity contribution in [1.82, 2.24) is 9.78 Å². The number of carbonyl (C=O) groups excluding carboxylic acids is 1. The normalized spacial score (nSPS) is 13.1. The van der Waals surface area contributed by atoms with E-state index in [1.807, 2.05) is 13.8 Å². The third-order valence-electron chi connectivity index (χ3n) is 1.99. The van der Waals surface area contributed by atoms with Crippen molar-refractivity contribution in [2.75, 3.05) is 6.61 Å². The van der Waals surface area contributed by atoms with Crippen LogP contribution in [0.2, 0.25) is 0 Å². The maximum absolute atomic E-state index is 11.6. The van der Waals surface area contributed by atoms with Gasteiger partial charge in [0.05, 0.1) is 18.3 Å². The lowest BCUT2D eigenvalue weighted by Crippen LogP contribution is -2.26. The highest BCUT2D eigenvalue weighted by molar-refractivity contribution is 5.86. The number of ketones is 1. The molecule has 5 nitrogen and oxygen atoms in total. The summed E-state index contributed by atoms with van der Waals surface area (Å²) >= 11 is 0. The quantitative estimate of drug-likeness (QED) is 0.766. The van der Waals surface area contributed by atoms with Crippen molar-refractivity contribution in [2.24, 2.45) is 12.8 Å². The van der Waals surface area contributed by atoms with Gasteiger partial charge in [-0.2, -0.15) is 5.10 Å². The highest BCUT2D eigenvalue weighted by atomic mass is 16.5. The first-order valence-corrected chi connectivity index (χ1v) is 4.89. The van der Waals surface area contributed by atoms with E-state index in [9.17, 15) is 4.79 Å². The van der Waals surface area contributed by atoms with Crippen LogP contribution in [0.4, 0.5) is 0 Å². The van der Waals surface area contributed by atoms with Gasteiger partial charge in [0.25, 0.3) is 0 Å². The van der Waals surface area contributed by atoms with E-state index in [0.29, 0.717) is 0 Å². The Kier molecular flexibility index (Phi) is 3.99. The Balaban J connectivity index is 2.53. The minimum atomic E-state index is -0.641. The van der Waals surface area contributed by atoms with Crippen LogP contribution in [0.1, 0.15) is 25.5 Å². The van der Waals surface area contributed by atoms with Gasteiger partial charge in [0.2, 0.25) is 0 Å². The predicted octanol–water partition coefficient (Wildman–Crippen LogP) is 0.414. The van der Waals surface area contributed by atoms with Crippen molar-refractivity contribution >= 4 is 5.78 Å². The SMILES string of the molecule is CC(C)OCC(=O)C(N)c1cnn(C)c1. The molecule has 1 atom stereocenters. The third-order valence-corrected chi connectivity index (χ3v) is 1.99. The summed E-state index contributed by atoms with van der Waals surface area (Å²) in [6.07, 6.45) is 3.37. The molecule has 5 heteroatoms. The van der Waals surface area contributed by atoms with Crippen molar-refractivity contribution in [1.29, 1.82) is 0 Å². The van der Waals surface area contributed by atoms with Crippen LogP contribution in [0.5, 0.6) is 0 Å². The third kappa shape index (κ3) is 3.45. The molecular weight excluding hydrogens is 194 g/mol. The van der Waals surface area contributed by atoms with Crippen molar-refractivity contribution in [2.45, 2.75) is 26.0 Å². The molecule has 1 aromatic rings. The average Bonchev–Trinajstić information content (AvgIpc) is 2.60. The van der Waals surface area contributed by atoms with Gasteiger partial charge in [0.15, 0.2) is 5.78 Å². The van der Waals surface area contributed by atoms with Crippen molar-refractivity contribution in [3.05, 3.63) is 18.0 Å². The highest BCUT2D eigenvalue weighted by Gasteiger charge is 2.17. The molecule has 2 N–H and O–H groups in total. The first kappa shape index (κ1) is 11.9. The molecule has 0 spiro atoms. The summed E-state index contributed by atoms with van der Waals surface area (Å²) in [5.74, 6) is -0.128. The van der Waals surface area contributed by atoms with Gasteiger partial charge in [-0.3, -0.25) is 9.48 Å². The second kappa shape index (κ2) is 5.04. The van der Waals surface area contributed by atoms with Gasteiger partial charge in [-0.05, 0) is 13.8 Å². The van der Waals surface area contributed by atoms with Crippen LogP contribution in [0, 0.1) is 0 Å². The minimum absolute atomic E-state index is 0.0371. The Morgan fingerprint density at radius 1 is 1.67 bits per heavy atom. The molecule has 0 fully saturated rings. The Labute approximate surface area is 89.2 Å². The monoisotopic (exact) mass is 211 g/mol. The number of carbonyl (C=O) groups is 1. The molecule has 15 heavy (non-hydrogen) atoms. The Bertz CT molecular complexity index is 333. The van der Waals surface area contributed by atoms with Crippen LogP contribution in [-0.2, 0) is 16.6 Å². The van der Waals surface area contributed by atoms with Gasteiger partial charge in [-0.15, -0.1) is 0 Å². The number of aryl methyl sites for hydroxylation is 1. The van der Waals surface area contributed by atoms with Crippen molar-refractivity contribution in [3.8, 4) is 0 Å². The lowest BCUT2D eigenvalue weighted by atomic mass is 10.1. The fourth-order valence-electron chi connectivity index (χ4n) is 1.13. The zero-order valence-electron chi connectivity index (χ0n) is 9.30. The van der Waals surface area contributed by atoms with Crippen molar-refractivity contribution < 1.29 is 9.53 Å². The molecule has 0 saturated heterocycles. The number of hydrogen-bond acceptors (Lipinski definition) is 4. The fraction of sp³-hybridized carbons (Fsp3) is 0.600. The minimum Gasteiger partial charge on any atom is -0.371 e. The van der Waals surface area contributed by atoms with Gasteiger partial charge in [0, 0.05) is 18.8 Å². The lowest BCUT2D eigenvalue weighted by molar-refractivity contribution is -0.126. The number of rotatable bonds is 5. The molecule has 0 aromatic carbocycles. The summed E-state index contributed by atoms with van der Waals surface area (Å²) in [6.45, 7) is 3.81. The van der Waals surface area contributed by atoms with E-state index in [2.05, 4.69) is 5.10 Å². The first-order valence-electron chi connectivity index (χ1n) is 4.89. The molecule has 0 saturated carbocycles. The van der Waals surface area contributed by atoms with Crippen LogP contribution in [0.25, 0.3) is 0 Å². The number of nitrogens with two attached hydrogens (primary N) is 1. The van der Waals surface area contributed by atoms with E-state index in [0.717, 1.165) is 5.56 Å². The smallest absolute Gasteiger partial charge is 0.179 e. The van der Waals surface area contributed by atoms with Gasteiger partial charge in [-0.1, -0.05) is 0 Å². The predicted molar refractivity (Wildman–Crippen MR) is 56.2 cm³/mol. The van der Waals surface area contributed by atoms with Crippen LogP contribution in [-0.4, -0.2) is 28.3 Å². The molecule has 1 rings (SSSR count). The standard InChI is InChI=1S/C10H17N3O2/c1-7(2)15-6-9(14)10(11)8-4-12-13(3)5-8/h4-5,7,10H,6,11H2,1-3H3. The molecule has 0 aliphatic heterocycles. The number of hydrogen-bond donors (Lipinski definition) is 1. The van der Waals surface area contributed by atoms with E-state index in [1.165, 1.54) is 0 Å². The van der Waals surface area contributed by atoms with Crippen LogP contribution in [0.15, 0.2) is 12.4 Å². The van der Waals surface area contributed by atoms with E-state index in [4.69, 9.17) is 10.5 Å². The first-order chi connectivity index (χ1) is 7.00. The molecule has 1 unspecified atom stereocenters.